The number of hydrogen-bond donors (Lipinski definition) is 0. The SMILES string of the molecule is Cc1ccc(N(CCc2ccccc2C)C(=O)Cc2ccccc2)cc1C. The predicted octanol–water partition coefficient (Wildman–Crippen LogP) is 5.43. The van der Waals surface area contributed by atoms with Gasteiger partial charge >= 0.3 is 0 Å². The lowest BCUT2D eigenvalue weighted by molar-refractivity contribution is -0.118. The van der Waals surface area contributed by atoms with E-state index in [1.165, 1.54) is 22.3 Å². The van der Waals surface area contributed by atoms with Gasteiger partial charge in [0.1, 0.15) is 0 Å². The van der Waals surface area contributed by atoms with Crippen LogP contribution in [0, 0.1) is 20.8 Å². The van der Waals surface area contributed by atoms with Crippen LogP contribution in [-0.4, -0.2) is 12.5 Å². The molecule has 0 unspecified atom stereocenters. The minimum atomic E-state index is 0.137. The van der Waals surface area contributed by atoms with E-state index in [9.17, 15) is 4.79 Å². The highest BCUT2D eigenvalue weighted by Gasteiger charge is 2.17. The highest BCUT2D eigenvalue weighted by molar-refractivity contribution is 5.95. The normalized spacial score (nSPS) is 10.6. The highest BCUT2D eigenvalue weighted by atomic mass is 16.2. The van der Waals surface area contributed by atoms with E-state index in [4.69, 9.17) is 0 Å². The van der Waals surface area contributed by atoms with Crippen molar-refractivity contribution in [2.75, 3.05) is 11.4 Å². The van der Waals surface area contributed by atoms with Crippen LogP contribution in [-0.2, 0) is 17.6 Å². The standard InChI is InChI=1S/C25H27NO/c1-19-13-14-24(17-21(19)3)26(16-15-23-12-8-7-9-20(23)2)25(27)18-22-10-5-4-6-11-22/h4-14,17H,15-16,18H2,1-3H3. The van der Waals surface area contributed by atoms with Gasteiger partial charge in [-0.2, -0.15) is 0 Å². The van der Waals surface area contributed by atoms with E-state index in [2.05, 4.69) is 63.2 Å². The van der Waals surface area contributed by atoms with Gasteiger partial charge in [-0.25, -0.2) is 0 Å². The third-order valence-electron chi connectivity index (χ3n) is 5.17. The van der Waals surface area contributed by atoms with Crippen LogP contribution >= 0.6 is 0 Å². The fourth-order valence-electron chi connectivity index (χ4n) is 3.28. The van der Waals surface area contributed by atoms with Crippen molar-refractivity contribution in [1.82, 2.24) is 0 Å². The first kappa shape index (κ1) is 18.9. The summed E-state index contributed by atoms with van der Waals surface area (Å²) in [7, 11) is 0. The van der Waals surface area contributed by atoms with Gasteiger partial charge in [0.05, 0.1) is 6.42 Å². The van der Waals surface area contributed by atoms with E-state index in [1.54, 1.807) is 0 Å². The van der Waals surface area contributed by atoms with Crippen molar-refractivity contribution in [3.05, 3.63) is 101 Å². The lowest BCUT2D eigenvalue weighted by atomic mass is 10.0. The number of carbonyl (C=O) groups is 1. The number of hydrogen-bond acceptors (Lipinski definition) is 1. The highest BCUT2D eigenvalue weighted by Crippen LogP contribution is 2.21. The van der Waals surface area contributed by atoms with Gasteiger partial charge in [-0.3, -0.25) is 4.79 Å². The number of anilines is 1. The van der Waals surface area contributed by atoms with Crippen molar-refractivity contribution in [2.45, 2.75) is 33.6 Å². The van der Waals surface area contributed by atoms with Crippen molar-refractivity contribution < 1.29 is 4.79 Å². The van der Waals surface area contributed by atoms with Gasteiger partial charge in [0, 0.05) is 12.2 Å². The van der Waals surface area contributed by atoms with Crippen LogP contribution in [0.15, 0.2) is 72.8 Å². The zero-order valence-corrected chi connectivity index (χ0v) is 16.4. The number of amides is 1. The molecule has 138 valence electrons. The second-order valence-electron chi connectivity index (χ2n) is 7.15. The molecule has 0 atom stereocenters. The van der Waals surface area contributed by atoms with Crippen LogP contribution in [0.5, 0.6) is 0 Å². The second-order valence-corrected chi connectivity index (χ2v) is 7.15. The topological polar surface area (TPSA) is 20.3 Å². The van der Waals surface area contributed by atoms with Crippen molar-refractivity contribution in [1.29, 1.82) is 0 Å². The van der Waals surface area contributed by atoms with Gasteiger partial charge in [0.15, 0.2) is 0 Å². The van der Waals surface area contributed by atoms with Crippen LogP contribution < -0.4 is 4.90 Å². The maximum atomic E-state index is 13.1. The van der Waals surface area contributed by atoms with Gasteiger partial charge in [-0.1, -0.05) is 60.7 Å². The summed E-state index contributed by atoms with van der Waals surface area (Å²) in [4.78, 5) is 15.1. The molecule has 3 rings (SSSR count). The van der Waals surface area contributed by atoms with Gasteiger partial charge < -0.3 is 4.90 Å². The Hall–Kier alpha value is -2.87. The summed E-state index contributed by atoms with van der Waals surface area (Å²) >= 11 is 0. The molecule has 27 heavy (non-hydrogen) atoms. The molecular formula is C25H27NO. The molecule has 0 aliphatic carbocycles. The van der Waals surface area contributed by atoms with E-state index in [-0.39, 0.29) is 5.91 Å². The van der Waals surface area contributed by atoms with Crippen LogP contribution in [0.25, 0.3) is 0 Å². The summed E-state index contributed by atoms with van der Waals surface area (Å²) in [5.74, 6) is 0.137. The lowest BCUT2D eigenvalue weighted by Gasteiger charge is -2.24. The zero-order valence-electron chi connectivity index (χ0n) is 16.4. The summed E-state index contributed by atoms with van der Waals surface area (Å²) in [5, 5.41) is 0. The van der Waals surface area contributed by atoms with Crippen LogP contribution in [0.4, 0.5) is 5.69 Å². The Bertz CT molecular complexity index is 915. The van der Waals surface area contributed by atoms with Crippen molar-refractivity contribution in [3.8, 4) is 0 Å². The van der Waals surface area contributed by atoms with E-state index >= 15 is 0 Å². The molecule has 2 nitrogen and oxygen atoms in total. The van der Waals surface area contributed by atoms with E-state index in [0.717, 1.165) is 17.7 Å². The first-order chi connectivity index (χ1) is 13.0. The number of rotatable bonds is 6. The maximum absolute atomic E-state index is 13.1. The minimum absolute atomic E-state index is 0.137. The number of benzene rings is 3. The molecule has 0 bridgehead atoms. The number of nitrogens with zero attached hydrogens (tertiary/aromatic N) is 1. The van der Waals surface area contributed by atoms with Crippen LogP contribution in [0.1, 0.15) is 27.8 Å². The molecule has 0 saturated carbocycles. The Kier molecular flexibility index (Phi) is 6.08. The first-order valence-corrected chi connectivity index (χ1v) is 9.50. The van der Waals surface area contributed by atoms with Crippen molar-refractivity contribution in [2.24, 2.45) is 0 Å². The van der Waals surface area contributed by atoms with E-state index < -0.39 is 0 Å². The zero-order chi connectivity index (χ0) is 19.2. The second kappa shape index (κ2) is 8.68. The number of carbonyl (C=O) groups excluding carboxylic acids is 1. The van der Waals surface area contributed by atoms with E-state index in [0.29, 0.717) is 13.0 Å². The maximum Gasteiger partial charge on any atom is 0.231 e. The smallest absolute Gasteiger partial charge is 0.231 e. The molecule has 3 aromatic rings. The van der Waals surface area contributed by atoms with Crippen LogP contribution in [0.3, 0.4) is 0 Å². The summed E-state index contributed by atoms with van der Waals surface area (Å²) in [5.41, 5.74) is 7.04. The largest absolute Gasteiger partial charge is 0.312 e. The monoisotopic (exact) mass is 357 g/mol. The quantitative estimate of drug-likeness (QED) is 0.576. The van der Waals surface area contributed by atoms with Crippen LogP contribution in [0.2, 0.25) is 0 Å². The van der Waals surface area contributed by atoms with Crippen molar-refractivity contribution in [3.63, 3.8) is 0 Å². The molecule has 0 radical (unpaired) electrons. The summed E-state index contributed by atoms with van der Waals surface area (Å²) in [6.45, 7) is 7.00. The molecule has 0 fully saturated rings. The molecule has 0 heterocycles. The molecule has 2 heteroatoms. The third kappa shape index (κ3) is 4.85. The Morgan fingerprint density at radius 2 is 1.48 bits per heavy atom. The molecular weight excluding hydrogens is 330 g/mol. The Morgan fingerprint density at radius 1 is 0.778 bits per heavy atom. The molecule has 0 aliphatic heterocycles. The predicted molar refractivity (Wildman–Crippen MR) is 113 cm³/mol. The molecule has 1 amide bonds. The Labute approximate surface area is 162 Å². The molecule has 0 aliphatic rings. The molecule has 3 aromatic carbocycles. The van der Waals surface area contributed by atoms with Gasteiger partial charge in [0.25, 0.3) is 0 Å². The average Bonchev–Trinajstić information content (AvgIpc) is 2.67. The minimum Gasteiger partial charge on any atom is -0.312 e. The first-order valence-electron chi connectivity index (χ1n) is 9.50. The fourth-order valence-corrected chi connectivity index (χ4v) is 3.28. The lowest BCUT2D eigenvalue weighted by Crippen LogP contribution is -2.34. The third-order valence-corrected chi connectivity index (χ3v) is 5.17. The fraction of sp³-hybridized carbons (Fsp3) is 0.240. The summed E-state index contributed by atoms with van der Waals surface area (Å²) in [6, 6.07) is 24.6. The van der Waals surface area contributed by atoms with Gasteiger partial charge in [-0.05, 0) is 67.1 Å². The summed E-state index contributed by atoms with van der Waals surface area (Å²) < 4.78 is 0. The van der Waals surface area contributed by atoms with Gasteiger partial charge in [-0.15, -0.1) is 0 Å². The molecule has 0 aromatic heterocycles. The summed E-state index contributed by atoms with van der Waals surface area (Å²) in [6.07, 6.45) is 1.27. The number of aryl methyl sites for hydroxylation is 3. The average molecular weight is 357 g/mol. The van der Waals surface area contributed by atoms with Gasteiger partial charge in [0.2, 0.25) is 5.91 Å². The van der Waals surface area contributed by atoms with Crippen molar-refractivity contribution >= 4 is 11.6 Å². The van der Waals surface area contributed by atoms with E-state index in [1.807, 2.05) is 35.2 Å². The Balaban J connectivity index is 1.84. The Morgan fingerprint density at radius 3 is 2.19 bits per heavy atom. The molecule has 0 saturated heterocycles. The molecule has 0 N–H and O–H groups in total. The molecule has 0 spiro atoms.